The van der Waals surface area contributed by atoms with Crippen LogP contribution < -0.4 is 0 Å². The highest BCUT2D eigenvalue weighted by Gasteiger charge is 2.03. The van der Waals surface area contributed by atoms with Crippen LogP contribution in [-0.4, -0.2) is 0 Å². The molecule has 0 aromatic heterocycles. The maximum absolute atomic E-state index is 2.26. The summed E-state index contributed by atoms with van der Waals surface area (Å²) in [6, 6.07) is 9.01. The molecule has 2 rings (SSSR count). The number of benzene rings is 2. The van der Waals surface area contributed by atoms with E-state index in [1.807, 2.05) is 0 Å². The van der Waals surface area contributed by atoms with Gasteiger partial charge in [0.05, 0.1) is 0 Å². The van der Waals surface area contributed by atoms with Gasteiger partial charge in [-0.25, -0.2) is 0 Å². The molecule has 0 bridgehead atoms. The third kappa shape index (κ3) is 3.01. The molecule has 20 heavy (non-hydrogen) atoms. The Kier molecular flexibility index (Phi) is 4.13. The SMILES string of the molecule is Cc1cc(C)c(C=Cc2c(C)cc(C)cc2C)c(C)c1. The van der Waals surface area contributed by atoms with Crippen molar-refractivity contribution in [3.8, 4) is 0 Å². The smallest absolute Gasteiger partial charge is 0.0198 e. The van der Waals surface area contributed by atoms with Gasteiger partial charge < -0.3 is 0 Å². The first-order valence-electron chi connectivity index (χ1n) is 7.22. The summed E-state index contributed by atoms with van der Waals surface area (Å²) in [5.41, 5.74) is 10.7. The predicted octanol–water partition coefficient (Wildman–Crippen LogP) is 5.71. The topological polar surface area (TPSA) is 0 Å². The molecule has 0 nitrogen and oxygen atoms in total. The molecule has 0 saturated heterocycles. The molecule has 0 aliphatic heterocycles. The standard InChI is InChI=1S/C20H24/c1-13-9-15(3)19(16(4)10-13)7-8-20-17(5)11-14(2)12-18(20)6/h7-12H,1-6H3. The van der Waals surface area contributed by atoms with E-state index in [0.29, 0.717) is 0 Å². The average molecular weight is 264 g/mol. The lowest BCUT2D eigenvalue weighted by Gasteiger charge is -2.09. The Labute approximate surface area is 123 Å². The van der Waals surface area contributed by atoms with Crippen LogP contribution in [0, 0.1) is 41.5 Å². The van der Waals surface area contributed by atoms with Crippen LogP contribution in [0.4, 0.5) is 0 Å². The summed E-state index contributed by atoms with van der Waals surface area (Å²) in [6.07, 6.45) is 4.52. The molecule has 0 spiro atoms. The maximum atomic E-state index is 2.26. The van der Waals surface area contributed by atoms with Gasteiger partial charge in [0.1, 0.15) is 0 Å². The van der Waals surface area contributed by atoms with Crippen molar-refractivity contribution in [2.75, 3.05) is 0 Å². The fraction of sp³-hybridized carbons (Fsp3) is 0.300. The van der Waals surface area contributed by atoms with Gasteiger partial charge in [0.2, 0.25) is 0 Å². The van der Waals surface area contributed by atoms with Crippen LogP contribution in [0.5, 0.6) is 0 Å². The number of aryl methyl sites for hydroxylation is 6. The third-order valence-corrected chi connectivity index (χ3v) is 3.89. The normalized spacial score (nSPS) is 11.3. The Hall–Kier alpha value is -1.82. The fourth-order valence-electron chi connectivity index (χ4n) is 3.07. The molecule has 0 heterocycles. The first-order chi connectivity index (χ1) is 9.38. The number of hydrogen-bond acceptors (Lipinski definition) is 0. The molecule has 0 aliphatic rings. The summed E-state index contributed by atoms with van der Waals surface area (Å²) in [7, 11) is 0. The van der Waals surface area contributed by atoms with Crippen molar-refractivity contribution in [3.05, 3.63) is 68.8 Å². The highest BCUT2D eigenvalue weighted by Crippen LogP contribution is 2.22. The summed E-state index contributed by atoms with van der Waals surface area (Å²) >= 11 is 0. The monoisotopic (exact) mass is 264 g/mol. The van der Waals surface area contributed by atoms with Crippen molar-refractivity contribution in [1.29, 1.82) is 0 Å². The molecule has 0 aliphatic carbocycles. The van der Waals surface area contributed by atoms with E-state index in [4.69, 9.17) is 0 Å². The average Bonchev–Trinajstić information content (AvgIpc) is 2.30. The van der Waals surface area contributed by atoms with E-state index in [2.05, 4.69) is 78.0 Å². The van der Waals surface area contributed by atoms with Crippen LogP contribution in [0.15, 0.2) is 24.3 Å². The minimum absolute atomic E-state index is 1.33. The van der Waals surface area contributed by atoms with Crippen molar-refractivity contribution < 1.29 is 0 Å². The Morgan fingerprint density at radius 2 is 0.750 bits per heavy atom. The molecule has 0 saturated carbocycles. The highest BCUT2D eigenvalue weighted by atomic mass is 14.1. The molecule has 104 valence electrons. The van der Waals surface area contributed by atoms with Gasteiger partial charge in [0.15, 0.2) is 0 Å². The van der Waals surface area contributed by atoms with Crippen LogP contribution in [0.2, 0.25) is 0 Å². The second-order valence-corrected chi connectivity index (χ2v) is 5.96. The van der Waals surface area contributed by atoms with Crippen LogP contribution in [0.3, 0.4) is 0 Å². The summed E-state index contributed by atoms with van der Waals surface area (Å²) < 4.78 is 0. The third-order valence-electron chi connectivity index (χ3n) is 3.89. The zero-order chi connectivity index (χ0) is 14.9. The van der Waals surface area contributed by atoms with E-state index in [-0.39, 0.29) is 0 Å². The van der Waals surface area contributed by atoms with E-state index < -0.39 is 0 Å². The molecule has 0 amide bonds. The van der Waals surface area contributed by atoms with Gasteiger partial charge in [-0.1, -0.05) is 47.5 Å². The molecule has 0 fully saturated rings. The Morgan fingerprint density at radius 1 is 0.500 bits per heavy atom. The molecule has 0 unspecified atom stereocenters. The van der Waals surface area contributed by atoms with Crippen molar-refractivity contribution in [2.45, 2.75) is 41.5 Å². The van der Waals surface area contributed by atoms with E-state index in [0.717, 1.165) is 0 Å². The van der Waals surface area contributed by atoms with Crippen molar-refractivity contribution in [1.82, 2.24) is 0 Å². The Bertz CT molecular complexity index is 567. The predicted molar refractivity (Wildman–Crippen MR) is 90.2 cm³/mol. The first-order valence-corrected chi connectivity index (χ1v) is 7.22. The fourth-order valence-corrected chi connectivity index (χ4v) is 3.07. The van der Waals surface area contributed by atoms with Crippen LogP contribution in [0.25, 0.3) is 12.2 Å². The first kappa shape index (κ1) is 14.6. The van der Waals surface area contributed by atoms with Gasteiger partial charge in [-0.15, -0.1) is 0 Å². The zero-order valence-corrected chi connectivity index (χ0v) is 13.5. The number of hydrogen-bond donors (Lipinski definition) is 0. The van der Waals surface area contributed by atoms with Gasteiger partial charge in [0, 0.05) is 0 Å². The molecular weight excluding hydrogens is 240 g/mol. The van der Waals surface area contributed by atoms with Crippen molar-refractivity contribution in [3.63, 3.8) is 0 Å². The maximum Gasteiger partial charge on any atom is -0.0198 e. The van der Waals surface area contributed by atoms with Crippen molar-refractivity contribution in [2.24, 2.45) is 0 Å². The number of rotatable bonds is 2. The second kappa shape index (κ2) is 5.66. The lowest BCUT2D eigenvalue weighted by Crippen LogP contribution is -1.90. The van der Waals surface area contributed by atoms with E-state index in [1.165, 1.54) is 44.5 Å². The van der Waals surface area contributed by atoms with Gasteiger partial charge in [-0.05, 0) is 74.9 Å². The molecule has 2 aromatic rings. The highest BCUT2D eigenvalue weighted by molar-refractivity contribution is 5.75. The Balaban J connectivity index is 2.45. The Morgan fingerprint density at radius 3 is 1.00 bits per heavy atom. The van der Waals surface area contributed by atoms with Crippen LogP contribution in [-0.2, 0) is 0 Å². The lowest BCUT2D eigenvalue weighted by molar-refractivity contribution is 1.29. The minimum atomic E-state index is 1.33. The second-order valence-electron chi connectivity index (χ2n) is 5.96. The zero-order valence-electron chi connectivity index (χ0n) is 13.5. The van der Waals surface area contributed by atoms with Gasteiger partial charge in [-0.3, -0.25) is 0 Å². The molecule has 0 heteroatoms. The molecule has 0 atom stereocenters. The van der Waals surface area contributed by atoms with Crippen molar-refractivity contribution >= 4 is 12.2 Å². The minimum Gasteiger partial charge on any atom is -0.0558 e. The van der Waals surface area contributed by atoms with E-state index in [1.54, 1.807) is 0 Å². The lowest BCUT2D eigenvalue weighted by atomic mass is 9.96. The van der Waals surface area contributed by atoms with E-state index in [9.17, 15) is 0 Å². The van der Waals surface area contributed by atoms with Gasteiger partial charge in [-0.2, -0.15) is 0 Å². The quantitative estimate of drug-likeness (QED) is 0.610. The van der Waals surface area contributed by atoms with Gasteiger partial charge in [0.25, 0.3) is 0 Å². The summed E-state index contributed by atoms with van der Waals surface area (Å²) in [5.74, 6) is 0. The van der Waals surface area contributed by atoms with Gasteiger partial charge >= 0.3 is 0 Å². The largest absolute Gasteiger partial charge is 0.0558 e. The van der Waals surface area contributed by atoms with Crippen LogP contribution >= 0.6 is 0 Å². The molecule has 2 aromatic carbocycles. The summed E-state index contributed by atoms with van der Waals surface area (Å²) in [5, 5.41) is 0. The molecule has 0 N–H and O–H groups in total. The van der Waals surface area contributed by atoms with E-state index >= 15 is 0 Å². The summed E-state index contributed by atoms with van der Waals surface area (Å²) in [4.78, 5) is 0. The molecular formula is C20H24. The summed E-state index contributed by atoms with van der Waals surface area (Å²) in [6.45, 7) is 13.1. The van der Waals surface area contributed by atoms with Crippen LogP contribution in [0.1, 0.15) is 44.5 Å². The molecule has 0 radical (unpaired) electrons.